The van der Waals surface area contributed by atoms with Crippen LogP contribution in [0, 0.1) is 10.1 Å². The summed E-state index contributed by atoms with van der Waals surface area (Å²) in [5.41, 5.74) is 0.634. The van der Waals surface area contributed by atoms with Crippen molar-refractivity contribution in [2.24, 2.45) is 0 Å². The maximum absolute atomic E-state index is 10.4. The van der Waals surface area contributed by atoms with Crippen LogP contribution in [0.15, 0.2) is 30.3 Å². The van der Waals surface area contributed by atoms with Crippen LogP contribution in [0.5, 0.6) is 0 Å². The van der Waals surface area contributed by atoms with Gasteiger partial charge < -0.3 is 0 Å². The largest absolute Gasteiger partial charge is 0.290 e. The molecule has 1 unspecified atom stereocenters. The Bertz CT molecular complexity index is 297. The van der Waals surface area contributed by atoms with Crippen LogP contribution in [0.4, 0.5) is 0 Å². The number of nitrogens with zero attached hydrogens (tertiary/aromatic N) is 1. The molecule has 0 N–H and O–H groups in total. The maximum atomic E-state index is 10.4. The minimum atomic E-state index is -0.754. The monoisotopic (exact) mass is 178 g/mol. The van der Waals surface area contributed by atoms with Gasteiger partial charge in [-0.15, -0.1) is 0 Å². The Hall–Kier alpha value is -1.71. The topological polar surface area (TPSA) is 60.2 Å². The van der Waals surface area contributed by atoms with Crippen molar-refractivity contribution >= 4 is 6.29 Å². The molecule has 0 fully saturated rings. The molecular formula is C9H8NO3. The van der Waals surface area contributed by atoms with Crippen molar-refractivity contribution in [3.05, 3.63) is 46.0 Å². The highest BCUT2D eigenvalue weighted by Gasteiger charge is 2.16. The number of hydrogen-bond acceptors (Lipinski definition) is 3. The third kappa shape index (κ3) is 2.66. The molecule has 0 spiro atoms. The van der Waals surface area contributed by atoms with E-state index in [-0.39, 0.29) is 0 Å². The van der Waals surface area contributed by atoms with Gasteiger partial charge in [0.05, 0.1) is 0 Å². The first-order valence-corrected chi connectivity index (χ1v) is 3.78. The molecule has 67 valence electrons. The van der Waals surface area contributed by atoms with Crippen LogP contribution >= 0.6 is 0 Å². The first kappa shape index (κ1) is 9.38. The summed E-state index contributed by atoms with van der Waals surface area (Å²) in [7, 11) is 0. The number of nitro groups is 1. The molecule has 13 heavy (non-hydrogen) atoms. The van der Waals surface area contributed by atoms with Gasteiger partial charge in [0.2, 0.25) is 12.8 Å². The van der Waals surface area contributed by atoms with Gasteiger partial charge in [0.1, 0.15) is 5.92 Å². The van der Waals surface area contributed by atoms with Crippen LogP contribution in [-0.2, 0) is 4.79 Å². The lowest BCUT2D eigenvalue weighted by atomic mass is 10.0. The third-order valence-electron chi connectivity index (χ3n) is 1.68. The van der Waals surface area contributed by atoms with E-state index in [1.165, 1.54) is 0 Å². The highest BCUT2D eigenvalue weighted by molar-refractivity contribution is 5.62. The van der Waals surface area contributed by atoms with Crippen molar-refractivity contribution in [3.8, 4) is 0 Å². The van der Waals surface area contributed by atoms with Crippen LogP contribution in [-0.4, -0.2) is 17.8 Å². The van der Waals surface area contributed by atoms with E-state index in [2.05, 4.69) is 0 Å². The van der Waals surface area contributed by atoms with E-state index in [1.54, 1.807) is 36.6 Å². The average Bonchev–Trinajstić information content (AvgIpc) is 2.15. The summed E-state index contributed by atoms with van der Waals surface area (Å²) < 4.78 is 0. The number of rotatable bonds is 4. The van der Waals surface area contributed by atoms with Crippen molar-refractivity contribution in [2.75, 3.05) is 6.54 Å². The lowest BCUT2D eigenvalue weighted by molar-refractivity contribution is -0.480. The van der Waals surface area contributed by atoms with Crippen molar-refractivity contribution in [1.29, 1.82) is 0 Å². The molecule has 4 heteroatoms. The zero-order valence-electron chi connectivity index (χ0n) is 6.84. The second kappa shape index (κ2) is 4.35. The smallest absolute Gasteiger partial charge is 0.218 e. The van der Waals surface area contributed by atoms with Crippen LogP contribution < -0.4 is 0 Å². The van der Waals surface area contributed by atoms with Gasteiger partial charge in [0, 0.05) is 4.92 Å². The van der Waals surface area contributed by atoms with Crippen LogP contribution in [0.2, 0.25) is 0 Å². The molecule has 0 aliphatic rings. The Morgan fingerprint density at radius 1 is 1.38 bits per heavy atom. The predicted molar refractivity (Wildman–Crippen MR) is 46.7 cm³/mol. The molecular weight excluding hydrogens is 170 g/mol. The Labute approximate surface area is 75.3 Å². The Morgan fingerprint density at radius 3 is 2.46 bits per heavy atom. The van der Waals surface area contributed by atoms with E-state index < -0.39 is 17.4 Å². The van der Waals surface area contributed by atoms with Crippen LogP contribution in [0.25, 0.3) is 0 Å². The summed E-state index contributed by atoms with van der Waals surface area (Å²) in [6.45, 7) is -0.395. The van der Waals surface area contributed by atoms with Crippen LogP contribution in [0.1, 0.15) is 11.5 Å². The first-order valence-electron chi connectivity index (χ1n) is 3.78. The van der Waals surface area contributed by atoms with Gasteiger partial charge in [-0.25, -0.2) is 0 Å². The third-order valence-corrected chi connectivity index (χ3v) is 1.68. The molecule has 0 saturated heterocycles. The summed E-state index contributed by atoms with van der Waals surface area (Å²) in [6.07, 6.45) is 1.66. The molecule has 0 amide bonds. The standard InChI is InChI=1S/C9H8NO3/c11-7-9(6-10(12)13)8-4-2-1-3-5-8/h1-5,9H,6H2. The summed E-state index contributed by atoms with van der Waals surface area (Å²) >= 11 is 0. The van der Waals surface area contributed by atoms with Crippen LogP contribution in [0.3, 0.4) is 0 Å². The van der Waals surface area contributed by atoms with Crippen molar-refractivity contribution < 1.29 is 9.72 Å². The number of benzene rings is 1. The first-order chi connectivity index (χ1) is 6.24. The van der Waals surface area contributed by atoms with E-state index >= 15 is 0 Å². The second-order valence-electron chi connectivity index (χ2n) is 2.60. The zero-order valence-corrected chi connectivity index (χ0v) is 6.84. The summed E-state index contributed by atoms with van der Waals surface area (Å²) in [5.74, 6) is -0.754. The molecule has 0 saturated carbocycles. The normalized spacial score (nSPS) is 12.0. The number of hydrogen-bond donors (Lipinski definition) is 0. The molecule has 0 heterocycles. The van der Waals surface area contributed by atoms with E-state index in [0.717, 1.165) is 0 Å². The van der Waals surface area contributed by atoms with Crippen molar-refractivity contribution in [3.63, 3.8) is 0 Å². The minimum absolute atomic E-state index is 0.395. The van der Waals surface area contributed by atoms with Gasteiger partial charge >= 0.3 is 0 Å². The lowest BCUT2D eigenvalue weighted by Gasteiger charge is -2.03. The quantitative estimate of drug-likeness (QED) is 0.513. The van der Waals surface area contributed by atoms with Crippen molar-refractivity contribution in [1.82, 2.24) is 0 Å². The molecule has 0 aliphatic carbocycles. The van der Waals surface area contributed by atoms with E-state index in [9.17, 15) is 14.9 Å². The lowest BCUT2D eigenvalue weighted by Crippen LogP contribution is -2.13. The van der Waals surface area contributed by atoms with E-state index in [1.807, 2.05) is 0 Å². The van der Waals surface area contributed by atoms with E-state index in [4.69, 9.17) is 0 Å². The van der Waals surface area contributed by atoms with Gasteiger partial charge in [-0.2, -0.15) is 0 Å². The Kier molecular flexibility index (Phi) is 3.14. The second-order valence-corrected chi connectivity index (χ2v) is 2.60. The predicted octanol–water partition coefficient (Wildman–Crippen LogP) is 1.16. The molecule has 1 radical (unpaired) electrons. The maximum Gasteiger partial charge on any atom is 0.218 e. The van der Waals surface area contributed by atoms with Gasteiger partial charge in [0.15, 0.2) is 0 Å². The van der Waals surface area contributed by atoms with Gasteiger partial charge in [0.25, 0.3) is 0 Å². The summed E-state index contributed by atoms with van der Waals surface area (Å²) in [6, 6.07) is 8.62. The Balaban J connectivity index is 2.78. The molecule has 4 nitrogen and oxygen atoms in total. The molecule has 1 atom stereocenters. The Morgan fingerprint density at radius 2 is 2.00 bits per heavy atom. The molecule has 1 aromatic carbocycles. The van der Waals surface area contributed by atoms with Crippen molar-refractivity contribution in [2.45, 2.75) is 5.92 Å². The fraction of sp³-hybridized carbons (Fsp3) is 0.222. The average molecular weight is 178 g/mol. The van der Waals surface area contributed by atoms with E-state index in [0.29, 0.717) is 5.56 Å². The highest BCUT2D eigenvalue weighted by Crippen LogP contribution is 2.12. The van der Waals surface area contributed by atoms with Gasteiger partial charge in [-0.05, 0) is 5.56 Å². The molecule has 0 bridgehead atoms. The fourth-order valence-corrected chi connectivity index (χ4v) is 1.05. The minimum Gasteiger partial charge on any atom is -0.290 e. The molecule has 1 rings (SSSR count). The molecule has 1 aromatic rings. The van der Waals surface area contributed by atoms with Gasteiger partial charge in [-0.3, -0.25) is 14.9 Å². The number of carbonyl (C=O) groups excluding carboxylic acids is 1. The zero-order chi connectivity index (χ0) is 9.68. The molecule has 0 aliphatic heterocycles. The SMILES string of the molecule is O=[C]C(C[N+](=O)[O-])c1ccccc1. The molecule has 0 aromatic heterocycles. The summed E-state index contributed by atoms with van der Waals surface area (Å²) in [5, 5.41) is 10.2. The summed E-state index contributed by atoms with van der Waals surface area (Å²) in [4.78, 5) is 20.1. The highest BCUT2D eigenvalue weighted by atomic mass is 16.6. The fourth-order valence-electron chi connectivity index (χ4n) is 1.05. The van der Waals surface area contributed by atoms with Gasteiger partial charge in [-0.1, -0.05) is 30.3 Å².